The van der Waals surface area contributed by atoms with Crippen molar-refractivity contribution < 1.29 is 17.5 Å². The summed E-state index contributed by atoms with van der Waals surface area (Å²) in [5.41, 5.74) is 6.19. The zero-order chi connectivity index (χ0) is 31.0. The van der Waals surface area contributed by atoms with Crippen molar-refractivity contribution in [3.05, 3.63) is 78.6 Å². The van der Waals surface area contributed by atoms with Gasteiger partial charge < -0.3 is 9.72 Å². The molecule has 1 aromatic carbocycles. The van der Waals surface area contributed by atoms with Crippen LogP contribution < -0.4 is 9.46 Å². The van der Waals surface area contributed by atoms with E-state index in [2.05, 4.69) is 39.8 Å². The molecule has 1 aliphatic heterocycles. The molecule has 0 unspecified atom stereocenters. The smallest absolute Gasteiger partial charge is 0.209 e. The van der Waals surface area contributed by atoms with E-state index in [1.54, 1.807) is 36.9 Å². The number of hydrogen-bond donors (Lipinski definition) is 3. The summed E-state index contributed by atoms with van der Waals surface area (Å²) in [6, 6.07) is 12.2. The Morgan fingerprint density at radius 2 is 1.87 bits per heavy atom. The number of pyridine rings is 3. The van der Waals surface area contributed by atoms with E-state index in [1.807, 2.05) is 18.2 Å². The van der Waals surface area contributed by atoms with Gasteiger partial charge in [-0.2, -0.15) is 5.10 Å². The second-order valence-electron chi connectivity index (χ2n) is 11.2. The quantitative estimate of drug-likeness (QED) is 0.195. The van der Waals surface area contributed by atoms with Gasteiger partial charge in [0, 0.05) is 41.8 Å². The molecule has 6 heterocycles. The number of aromatic nitrogens is 6. The molecule has 6 aromatic rings. The summed E-state index contributed by atoms with van der Waals surface area (Å²) < 4.78 is 46.2. The topological polar surface area (TPSA) is 142 Å². The van der Waals surface area contributed by atoms with Crippen LogP contribution in [0.3, 0.4) is 0 Å². The van der Waals surface area contributed by atoms with Crippen molar-refractivity contribution >= 4 is 32.0 Å². The van der Waals surface area contributed by atoms with E-state index in [0.29, 0.717) is 34.8 Å². The fraction of sp³-hybridized carbons (Fsp3) is 0.250. The molecule has 1 aliphatic rings. The van der Waals surface area contributed by atoms with Crippen LogP contribution in [-0.4, -0.2) is 75.9 Å². The van der Waals surface area contributed by atoms with Gasteiger partial charge in [0.1, 0.15) is 29.5 Å². The number of fused-ring (bicyclic) bond motifs is 2. The maximum Gasteiger partial charge on any atom is 0.209 e. The molecule has 0 amide bonds. The van der Waals surface area contributed by atoms with Gasteiger partial charge in [-0.3, -0.25) is 20.0 Å². The number of aromatic amines is 2. The van der Waals surface area contributed by atoms with Crippen LogP contribution >= 0.6 is 0 Å². The van der Waals surface area contributed by atoms with Gasteiger partial charge in [0.05, 0.1) is 35.6 Å². The minimum absolute atomic E-state index is 0.0189. The van der Waals surface area contributed by atoms with Gasteiger partial charge in [0.15, 0.2) is 0 Å². The van der Waals surface area contributed by atoms with E-state index in [9.17, 15) is 12.8 Å². The summed E-state index contributed by atoms with van der Waals surface area (Å²) in [6.07, 6.45) is 10.4. The summed E-state index contributed by atoms with van der Waals surface area (Å²) >= 11 is 0. The lowest BCUT2D eigenvalue weighted by Crippen LogP contribution is -2.25. The molecule has 11 nitrogen and oxygen atoms in total. The standard InChI is InChI=1S/C32H31FN8O3S/c1-45(42,43)37-16-20-10-21(12-23(33)11-20)25-4-5-35-32-26(25)14-29(38-32)31-27-15-28(36-19-30(27)39-40-31)22-13-24(18-34-17-22)44-9-8-41-6-2-3-7-41/h4-5,10-15,17-19,37H,2-3,6-9,16H2,1H3,(H,35,38)(H,39,40). The average Bonchev–Trinajstić information content (AvgIpc) is 3.79. The predicted octanol–water partition coefficient (Wildman–Crippen LogP) is 4.89. The molecule has 45 heavy (non-hydrogen) atoms. The van der Waals surface area contributed by atoms with E-state index in [0.717, 1.165) is 64.7 Å². The first kappa shape index (κ1) is 29.0. The highest BCUT2D eigenvalue weighted by Crippen LogP contribution is 2.35. The first-order valence-electron chi connectivity index (χ1n) is 14.7. The van der Waals surface area contributed by atoms with Crippen LogP contribution in [0.4, 0.5) is 4.39 Å². The molecular formula is C32H31FN8O3S. The van der Waals surface area contributed by atoms with Crippen LogP contribution in [-0.2, 0) is 16.6 Å². The molecule has 0 saturated carbocycles. The van der Waals surface area contributed by atoms with Crippen LogP contribution in [0.15, 0.2) is 67.3 Å². The molecule has 7 rings (SSSR count). The maximum atomic E-state index is 14.6. The maximum absolute atomic E-state index is 14.6. The lowest BCUT2D eigenvalue weighted by molar-refractivity contribution is 0.237. The Morgan fingerprint density at radius 1 is 1.00 bits per heavy atom. The second kappa shape index (κ2) is 12.0. The van der Waals surface area contributed by atoms with Crippen LogP contribution in [0.25, 0.3) is 55.7 Å². The Balaban J connectivity index is 1.19. The molecule has 0 bridgehead atoms. The predicted molar refractivity (Wildman–Crippen MR) is 170 cm³/mol. The largest absolute Gasteiger partial charge is 0.491 e. The summed E-state index contributed by atoms with van der Waals surface area (Å²) in [5, 5.41) is 9.26. The fourth-order valence-electron chi connectivity index (χ4n) is 5.75. The van der Waals surface area contributed by atoms with E-state index in [1.165, 1.54) is 25.0 Å². The lowest BCUT2D eigenvalue weighted by atomic mass is 10.0. The molecule has 0 atom stereocenters. The fourth-order valence-corrected chi connectivity index (χ4v) is 6.17. The first-order chi connectivity index (χ1) is 21.8. The SMILES string of the molecule is CS(=O)(=O)NCc1cc(F)cc(-c2ccnc3[nH]c(-c4n[nH]c5cnc(-c6cncc(OCCN7CCCC7)c6)cc45)cc23)c1. The molecule has 0 spiro atoms. The first-order valence-corrected chi connectivity index (χ1v) is 16.6. The summed E-state index contributed by atoms with van der Waals surface area (Å²) in [7, 11) is -3.43. The van der Waals surface area contributed by atoms with Crippen molar-refractivity contribution in [1.82, 2.24) is 39.8 Å². The van der Waals surface area contributed by atoms with Crippen molar-refractivity contribution in [3.63, 3.8) is 0 Å². The Bertz CT molecular complexity index is 2120. The molecule has 230 valence electrons. The van der Waals surface area contributed by atoms with Crippen molar-refractivity contribution in [2.24, 2.45) is 0 Å². The van der Waals surface area contributed by atoms with E-state index in [-0.39, 0.29) is 6.54 Å². The number of halogens is 1. The number of ether oxygens (including phenoxy) is 1. The summed E-state index contributed by atoms with van der Waals surface area (Å²) in [6.45, 7) is 3.74. The number of likely N-dealkylation sites (tertiary alicyclic amines) is 1. The number of sulfonamides is 1. The number of benzene rings is 1. The molecule has 1 saturated heterocycles. The molecule has 1 fully saturated rings. The van der Waals surface area contributed by atoms with Crippen LogP contribution in [0.2, 0.25) is 0 Å². The molecule has 0 aliphatic carbocycles. The van der Waals surface area contributed by atoms with Crippen molar-refractivity contribution in [2.45, 2.75) is 19.4 Å². The zero-order valence-corrected chi connectivity index (χ0v) is 25.4. The van der Waals surface area contributed by atoms with Gasteiger partial charge in [-0.25, -0.2) is 22.5 Å². The number of nitrogens with zero attached hydrogens (tertiary/aromatic N) is 5. The Hall–Kier alpha value is -4.72. The monoisotopic (exact) mass is 626 g/mol. The third-order valence-corrected chi connectivity index (χ3v) is 8.59. The highest BCUT2D eigenvalue weighted by Gasteiger charge is 2.17. The lowest BCUT2D eigenvalue weighted by Gasteiger charge is -2.15. The second-order valence-corrected chi connectivity index (χ2v) is 13.1. The third-order valence-electron chi connectivity index (χ3n) is 7.93. The average molecular weight is 627 g/mol. The van der Waals surface area contributed by atoms with Gasteiger partial charge in [-0.15, -0.1) is 0 Å². The number of rotatable bonds is 10. The van der Waals surface area contributed by atoms with Gasteiger partial charge in [0.25, 0.3) is 0 Å². The molecule has 3 N–H and O–H groups in total. The minimum Gasteiger partial charge on any atom is -0.491 e. The van der Waals surface area contributed by atoms with Gasteiger partial charge in [-0.1, -0.05) is 0 Å². The third kappa shape index (κ3) is 6.41. The normalized spacial score (nSPS) is 14.1. The van der Waals surface area contributed by atoms with Crippen molar-refractivity contribution in [2.75, 3.05) is 32.5 Å². The Morgan fingerprint density at radius 3 is 2.71 bits per heavy atom. The molecule has 13 heteroatoms. The van der Waals surface area contributed by atoms with Gasteiger partial charge in [-0.05, 0) is 85.1 Å². The minimum atomic E-state index is -3.43. The summed E-state index contributed by atoms with van der Waals surface area (Å²) in [4.78, 5) is 19.3. The highest BCUT2D eigenvalue weighted by molar-refractivity contribution is 7.88. The summed E-state index contributed by atoms with van der Waals surface area (Å²) in [5.74, 6) is 0.232. The van der Waals surface area contributed by atoms with Crippen LogP contribution in [0.5, 0.6) is 5.75 Å². The van der Waals surface area contributed by atoms with Crippen molar-refractivity contribution in [1.29, 1.82) is 0 Å². The number of H-pyrrole nitrogens is 2. The van der Waals surface area contributed by atoms with Crippen LogP contribution in [0.1, 0.15) is 18.4 Å². The van der Waals surface area contributed by atoms with Gasteiger partial charge in [0.2, 0.25) is 10.0 Å². The Labute approximate surface area is 258 Å². The van der Waals surface area contributed by atoms with E-state index < -0.39 is 15.8 Å². The zero-order valence-electron chi connectivity index (χ0n) is 24.5. The van der Waals surface area contributed by atoms with E-state index in [4.69, 9.17) is 4.74 Å². The number of hydrogen-bond acceptors (Lipinski definition) is 8. The Kier molecular flexibility index (Phi) is 7.73. The van der Waals surface area contributed by atoms with Crippen molar-refractivity contribution in [3.8, 4) is 39.5 Å². The molecule has 5 aromatic heterocycles. The van der Waals surface area contributed by atoms with Crippen LogP contribution in [0, 0.1) is 5.82 Å². The molecular weight excluding hydrogens is 595 g/mol. The highest BCUT2D eigenvalue weighted by atomic mass is 32.2. The number of nitrogens with one attached hydrogen (secondary N) is 3. The van der Waals surface area contributed by atoms with Gasteiger partial charge >= 0.3 is 0 Å². The van der Waals surface area contributed by atoms with E-state index >= 15 is 0 Å². The molecule has 0 radical (unpaired) electrons.